The Hall–Kier alpha value is -1.14. The molecule has 1 fully saturated rings. The Kier molecular flexibility index (Phi) is 4.19. The van der Waals surface area contributed by atoms with E-state index in [9.17, 15) is 8.42 Å². The van der Waals surface area contributed by atoms with Crippen LogP contribution in [0.1, 0.15) is 18.5 Å². The van der Waals surface area contributed by atoms with Crippen molar-refractivity contribution in [2.75, 3.05) is 19.4 Å². The lowest BCUT2D eigenvalue weighted by molar-refractivity contribution is 0.395. The molecule has 6 heteroatoms. The van der Waals surface area contributed by atoms with Gasteiger partial charge in [0, 0.05) is 19.2 Å². The van der Waals surface area contributed by atoms with Gasteiger partial charge in [-0.1, -0.05) is 6.07 Å². The molecule has 5 nitrogen and oxygen atoms in total. The van der Waals surface area contributed by atoms with Crippen LogP contribution in [0.5, 0.6) is 5.88 Å². The van der Waals surface area contributed by atoms with E-state index in [2.05, 4.69) is 10.3 Å². The molecule has 0 spiro atoms. The van der Waals surface area contributed by atoms with Crippen molar-refractivity contribution in [1.29, 1.82) is 0 Å². The molecular formula is C12H18N2O3S. The van der Waals surface area contributed by atoms with Gasteiger partial charge in [-0.3, -0.25) is 0 Å². The van der Waals surface area contributed by atoms with Crippen LogP contribution >= 0.6 is 0 Å². The lowest BCUT2D eigenvalue weighted by Gasteiger charge is -2.10. The number of rotatable bonds is 5. The average Bonchev–Trinajstić information content (AvgIpc) is 2.69. The summed E-state index contributed by atoms with van der Waals surface area (Å²) in [5.74, 6) is 0.902. The summed E-state index contributed by atoms with van der Waals surface area (Å²) in [5.41, 5.74) is 0.852. The Balaban J connectivity index is 1.85. The van der Waals surface area contributed by atoms with Gasteiger partial charge in [-0.2, -0.15) is 0 Å². The van der Waals surface area contributed by atoms with E-state index < -0.39 is 9.84 Å². The van der Waals surface area contributed by atoms with Crippen LogP contribution in [0.4, 0.5) is 0 Å². The van der Waals surface area contributed by atoms with Gasteiger partial charge in [-0.15, -0.1) is 0 Å². The predicted octanol–water partition coefficient (Wildman–Crippen LogP) is 0.757. The van der Waals surface area contributed by atoms with Crippen LogP contribution in [0.25, 0.3) is 0 Å². The van der Waals surface area contributed by atoms with Gasteiger partial charge in [0.25, 0.3) is 0 Å². The third kappa shape index (κ3) is 3.20. The number of nitrogens with zero attached hydrogens (tertiary/aromatic N) is 1. The van der Waals surface area contributed by atoms with Gasteiger partial charge >= 0.3 is 0 Å². The van der Waals surface area contributed by atoms with Crippen molar-refractivity contribution < 1.29 is 13.2 Å². The fourth-order valence-electron chi connectivity index (χ4n) is 2.12. The van der Waals surface area contributed by atoms with Crippen LogP contribution in [-0.4, -0.2) is 38.1 Å². The molecule has 1 saturated heterocycles. The zero-order chi connectivity index (χ0) is 13.0. The minimum Gasteiger partial charge on any atom is -0.481 e. The van der Waals surface area contributed by atoms with Crippen LogP contribution in [0, 0.1) is 0 Å². The minimum atomic E-state index is -2.86. The summed E-state index contributed by atoms with van der Waals surface area (Å²) in [4.78, 5) is 4.26. The molecule has 0 amide bonds. The van der Waals surface area contributed by atoms with E-state index in [1.165, 1.54) is 0 Å². The van der Waals surface area contributed by atoms with Gasteiger partial charge < -0.3 is 10.1 Å². The highest BCUT2D eigenvalue weighted by atomic mass is 32.2. The number of hydrogen-bond acceptors (Lipinski definition) is 5. The molecule has 1 aromatic rings. The van der Waals surface area contributed by atoms with E-state index in [1.54, 1.807) is 13.2 Å². The molecule has 0 aromatic carbocycles. The number of ether oxygens (including phenoxy) is 1. The third-order valence-corrected chi connectivity index (χ3v) is 5.41. The maximum atomic E-state index is 11.6. The van der Waals surface area contributed by atoms with Gasteiger partial charge in [0.15, 0.2) is 9.84 Å². The topological polar surface area (TPSA) is 68.3 Å². The van der Waals surface area contributed by atoms with Gasteiger partial charge in [-0.05, 0) is 18.9 Å². The number of aromatic nitrogens is 1. The molecule has 1 aliphatic heterocycles. The van der Waals surface area contributed by atoms with Crippen molar-refractivity contribution in [2.45, 2.75) is 24.6 Å². The second-order valence-corrected chi connectivity index (χ2v) is 6.83. The van der Waals surface area contributed by atoms with Crippen molar-refractivity contribution in [3.05, 3.63) is 23.9 Å². The summed E-state index contributed by atoms with van der Waals surface area (Å²) in [7, 11) is -1.29. The molecule has 0 bridgehead atoms. The predicted molar refractivity (Wildman–Crippen MR) is 69.3 cm³/mol. The number of nitrogens with one attached hydrogen (secondary N) is 1. The van der Waals surface area contributed by atoms with E-state index in [0.29, 0.717) is 24.7 Å². The van der Waals surface area contributed by atoms with E-state index in [0.717, 1.165) is 18.5 Å². The molecule has 0 aliphatic carbocycles. The van der Waals surface area contributed by atoms with E-state index in [1.807, 2.05) is 12.1 Å². The van der Waals surface area contributed by atoms with Crippen LogP contribution in [0.2, 0.25) is 0 Å². The van der Waals surface area contributed by atoms with Crippen LogP contribution < -0.4 is 10.1 Å². The van der Waals surface area contributed by atoms with Crippen molar-refractivity contribution in [2.24, 2.45) is 0 Å². The third-order valence-electron chi connectivity index (χ3n) is 3.13. The lowest BCUT2D eigenvalue weighted by atomic mass is 10.2. The fourth-order valence-corrected chi connectivity index (χ4v) is 3.92. The number of pyridine rings is 1. The summed E-state index contributed by atoms with van der Waals surface area (Å²) in [6.45, 7) is 1.06. The summed E-state index contributed by atoms with van der Waals surface area (Å²) in [6.07, 6.45) is 1.55. The summed E-state index contributed by atoms with van der Waals surface area (Å²) in [5, 5.41) is 2.92. The molecule has 1 atom stereocenters. The second kappa shape index (κ2) is 5.67. The highest BCUT2D eigenvalue weighted by Crippen LogP contribution is 2.19. The normalized spacial score (nSPS) is 21.9. The average molecular weight is 270 g/mol. The standard InChI is InChI=1S/C12H18N2O3S/c1-17-12-6-2-4-10(14-12)8-13-9-11-5-3-7-18(11,15)16/h2,4,6,11,13H,3,5,7-9H2,1H3. The Morgan fingerprint density at radius 1 is 1.50 bits per heavy atom. The molecule has 0 radical (unpaired) electrons. The Morgan fingerprint density at radius 3 is 3.00 bits per heavy atom. The first-order valence-corrected chi connectivity index (χ1v) is 7.75. The molecule has 1 N–H and O–H groups in total. The van der Waals surface area contributed by atoms with Crippen LogP contribution in [0.15, 0.2) is 18.2 Å². The highest BCUT2D eigenvalue weighted by molar-refractivity contribution is 7.92. The van der Waals surface area contributed by atoms with Gasteiger partial charge in [0.05, 0.1) is 23.8 Å². The summed E-state index contributed by atoms with van der Waals surface area (Å²) in [6, 6.07) is 5.54. The molecule has 2 rings (SSSR count). The zero-order valence-electron chi connectivity index (χ0n) is 10.4. The van der Waals surface area contributed by atoms with E-state index >= 15 is 0 Å². The van der Waals surface area contributed by atoms with Gasteiger partial charge in [0.2, 0.25) is 5.88 Å². The van der Waals surface area contributed by atoms with Crippen molar-refractivity contribution in [3.8, 4) is 5.88 Å². The molecule has 2 heterocycles. The first kappa shape index (κ1) is 13.3. The highest BCUT2D eigenvalue weighted by Gasteiger charge is 2.30. The maximum absolute atomic E-state index is 11.6. The Labute approximate surface area is 107 Å². The number of hydrogen-bond donors (Lipinski definition) is 1. The first-order chi connectivity index (χ1) is 8.62. The van der Waals surface area contributed by atoms with Crippen molar-refractivity contribution >= 4 is 9.84 Å². The smallest absolute Gasteiger partial charge is 0.213 e. The molecule has 100 valence electrons. The number of sulfone groups is 1. The zero-order valence-corrected chi connectivity index (χ0v) is 11.2. The monoisotopic (exact) mass is 270 g/mol. The largest absolute Gasteiger partial charge is 0.481 e. The maximum Gasteiger partial charge on any atom is 0.213 e. The van der Waals surface area contributed by atoms with Gasteiger partial charge in [-0.25, -0.2) is 13.4 Å². The van der Waals surface area contributed by atoms with Crippen LogP contribution in [0.3, 0.4) is 0 Å². The summed E-state index contributed by atoms with van der Waals surface area (Å²) < 4.78 is 28.3. The second-order valence-electron chi connectivity index (χ2n) is 4.43. The molecule has 1 aromatic heterocycles. The molecule has 0 saturated carbocycles. The fraction of sp³-hybridized carbons (Fsp3) is 0.583. The number of methoxy groups -OCH3 is 1. The Bertz CT molecular complexity index is 502. The first-order valence-electron chi connectivity index (χ1n) is 6.04. The van der Waals surface area contributed by atoms with Gasteiger partial charge in [0.1, 0.15) is 0 Å². The summed E-state index contributed by atoms with van der Waals surface area (Å²) >= 11 is 0. The lowest BCUT2D eigenvalue weighted by Crippen LogP contribution is -2.30. The van der Waals surface area contributed by atoms with E-state index in [4.69, 9.17) is 4.74 Å². The minimum absolute atomic E-state index is 0.233. The molecule has 18 heavy (non-hydrogen) atoms. The SMILES string of the molecule is COc1cccc(CNCC2CCCS2(=O)=O)n1. The molecular weight excluding hydrogens is 252 g/mol. The molecule has 1 unspecified atom stereocenters. The van der Waals surface area contributed by atoms with Crippen molar-refractivity contribution in [1.82, 2.24) is 10.3 Å². The Morgan fingerprint density at radius 2 is 2.33 bits per heavy atom. The molecule has 1 aliphatic rings. The van der Waals surface area contributed by atoms with Crippen LogP contribution in [-0.2, 0) is 16.4 Å². The van der Waals surface area contributed by atoms with Crippen molar-refractivity contribution in [3.63, 3.8) is 0 Å². The van der Waals surface area contributed by atoms with E-state index in [-0.39, 0.29) is 5.25 Å². The quantitative estimate of drug-likeness (QED) is 0.855.